The lowest BCUT2D eigenvalue weighted by atomic mass is 9.84. The minimum atomic E-state index is 0.532. The van der Waals surface area contributed by atoms with Crippen LogP contribution in [0.4, 0.5) is 0 Å². The Morgan fingerprint density at radius 3 is 2.94 bits per heavy atom. The lowest BCUT2D eigenvalue weighted by Gasteiger charge is -2.40. The standard InChI is InChI=1S/C13H21N3S/c1-17-13(5-2-6-13)9-14-7-12-8-15-10-16(12)11-3-4-11/h8,10-11,14H,2-7,9H2,1H3. The minimum Gasteiger partial charge on any atom is -0.330 e. The van der Waals surface area contributed by atoms with Crippen molar-refractivity contribution in [1.82, 2.24) is 14.9 Å². The molecule has 0 saturated heterocycles. The van der Waals surface area contributed by atoms with Crippen LogP contribution in [0.5, 0.6) is 0 Å². The second-order valence-corrected chi connectivity index (χ2v) is 6.64. The third-order valence-corrected chi connectivity index (χ3v) is 5.56. The van der Waals surface area contributed by atoms with E-state index in [1.807, 2.05) is 24.3 Å². The maximum Gasteiger partial charge on any atom is 0.0951 e. The van der Waals surface area contributed by atoms with Gasteiger partial charge in [0.2, 0.25) is 0 Å². The summed E-state index contributed by atoms with van der Waals surface area (Å²) in [7, 11) is 0. The van der Waals surface area contributed by atoms with Crippen molar-refractivity contribution in [2.24, 2.45) is 0 Å². The minimum absolute atomic E-state index is 0.532. The van der Waals surface area contributed by atoms with E-state index < -0.39 is 0 Å². The van der Waals surface area contributed by atoms with Gasteiger partial charge in [0, 0.05) is 30.1 Å². The molecule has 0 unspecified atom stereocenters. The Labute approximate surface area is 107 Å². The number of aromatic nitrogens is 2. The van der Waals surface area contributed by atoms with E-state index in [0.29, 0.717) is 4.75 Å². The number of hydrogen-bond donors (Lipinski definition) is 1. The largest absolute Gasteiger partial charge is 0.330 e. The first-order chi connectivity index (χ1) is 8.33. The molecule has 0 aliphatic heterocycles. The van der Waals surface area contributed by atoms with Gasteiger partial charge in [-0.1, -0.05) is 6.42 Å². The van der Waals surface area contributed by atoms with Gasteiger partial charge in [-0.05, 0) is 31.9 Å². The lowest BCUT2D eigenvalue weighted by Crippen LogP contribution is -2.43. The van der Waals surface area contributed by atoms with Crippen molar-refractivity contribution in [3.8, 4) is 0 Å². The molecule has 0 bridgehead atoms. The van der Waals surface area contributed by atoms with Crippen LogP contribution >= 0.6 is 11.8 Å². The Kier molecular flexibility index (Phi) is 3.17. The van der Waals surface area contributed by atoms with Gasteiger partial charge in [-0.2, -0.15) is 11.8 Å². The Hall–Kier alpha value is -0.480. The first-order valence-electron chi connectivity index (χ1n) is 6.60. The maximum atomic E-state index is 4.27. The molecule has 17 heavy (non-hydrogen) atoms. The summed E-state index contributed by atoms with van der Waals surface area (Å²) in [5, 5.41) is 3.62. The predicted octanol–water partition coefficient (Wildman–Crippen LogP) is 2.59. The van der Waals surface area contributed by atoms with Crippen LogP contribution in [0.15, 0.2) is 12.5 Å². The highest BCUT2D eigenvalue weighted by molar-refractivity contribution is 8.00. The summed E-state index contributed by atoms with van der Waals surface area (Å²) in [6.45, 7) is 2.11. The van der Waals surface area contributed by atoms with E-state index in [9.17, 15) is 0 Å². The van der Waals surface area contributed by atoms with Gasteiger partial charge < -0.3 is 9.88 Å². The Morgan fingerprint density at radius 2 is 2.35 bits per heavy atom. The number of nitrogens with one attached hydrogen (secondary N) is 1. The van der Waals surface area contributed by atoms with Crippen molar-refractivity contribution in [3.05, 3.63) is 18.2 Å². The molecule has 3 rings (SSSR count). The van der Waals surface area contributed by atoms with E-state index in [1.165, 1.54) is 37.8 Å². The van der Waals surface area contributed by atoms with Gasteiger partial charge in [0.25, 0.3) is 0 Å². The molecule has 0 atom stereocenters. The van der Waals surface area contributed by atoms with Crippen LogP contribution in [-0.4, -0.2) is 27.1 Å². The van der Waals surface area contributed by atoms with Crippen LogP contribution in [0.3, 0.4) is 0 Å². The molecule has 2 aliphatic rings. The van der Waals surface area contributed by atoms with E-state index in [2.05, 4.69) is 21.1 Å². The normalized spacial score (nSPS) is 22.4. The molecule has 0 radical (unpaired) electrons. The molecule has 2 saturated carbocycles. The van der Waals surface area contributed by atoms with Crippen LogP contribution in [-0.2, 0) is 6.54 Å². The average Bonchev–Trinajstić information content (AvgIpc) is 3.03. The molecule has 4 heteroatoms. The summed E-state index contributed by atoms with van der Waals surface area (Å²) in [6.07, 6.45) is 13.1. The van der Waals surface area contributed by atoms with Crippen molar-refractivity contribution < 1.29 is 0 Å². The molecule has 1 N–H and O–H groups in total. The predicted molar refractivity (Wildman–Crippen MR) is 72.3 cm³/mol. The summed E-state index contributed by atoms with van der Waals surface area (Å²) in [5.74, 6) is 0. The summed E-state index contributed by atoms with van der Waals surface area (Å²) < 4.78 is 2.88. The molecule has 1 heterocycles. The van der Waals surface area contributed by atoms with Crippen molar-refractivity contribution >= 4 is 11.8 Å². The molecular formula is C13H21N3S. The van der Waals surface area contributed by atoms with E-state index in [4.69, 9.17) is 0 Å². The van der Waals surface area contributed by atoms with Gasteiger partial charge in [0.1, 0.15) is 0 Å². The molecule has 0 amide bonds. The number of rotatable bonds is 6. The Balaban J connectivity index is 1.51. The molecule has 0 spiro atoms. The second-order valence-electron chi connectivity index (χ2n) is 5.37. The molecule has 0 aromatic carbocycles. The van der Waals surface area contributed by atoms with Crippen LogP contribution in [0.1, 0.15) is 43.8 Å². The topological polar surface area (TPSA) is 29.9 Å². The van der Waals surface area contributed by atoms with Gasteiger partial charge in [-0.15, -0.1) is 0 Å². The fraction of sp³-hybridized carbons (Fsp3) is 0.769. The lowest BCUT2D eigenvalue weighted by molar-refractivity contribution is 0.344. The van der Waals surface area contributed by atoms with Gasteiger partial charge in [0.05, 0.1) is 12.0 Å². The monoisotopic (exact) mass is 251 g/mol. The van der Waals surface area contributed by atoms with E-state index in [-0.39, 0.29) is 0 Å². The average molecular weight is 251 g/mol. The zero-order valence-electron chi connectivity index (χ0n) is 10.5. The summed E-state index contributed by atoms with van der Waals surface area (Å²) in [5.41, 5.74) is 1.35. The number of nitrogens with zero attached hydrogens (tertiary/aromatic N) is 2. The molecule has 1 aromatic heterocycles. The fourth-order valence-corrected chi connectivity index (χ4v) is 3.54. The molecule has 1 aromatic rings. The number of thioether (sulfide) groups is 1. The quantitative estimate of drug-likeness (QED) is 0.843. The fourth-order valence-electron chi connectivity index (χ4n) is 2.59. The number of imidazole rings is 1. The highest BCUT2D eigenvalue weighted by atomic mass is 32.2. The van der Waals surface area contributed by atoms with Gasteiger partial charge in [-0.3, -0.25) is 0 Å². The van der Waals surface area contributed by atoms with E-state index >= 15 is 0 Å². The van der Waals surface area contributed by atoms with E-state index in [0.717, 1.165) is 19.1 Å². The van der Waals surface area contributed by atoms with Gasteiger partial charge >= 0.3 is 0 Å². The maximum absolute atomic E-state index is 4.27. The molecular weight excluding hydrogens is 230 g/mol. The molecule has 2 fully saturated rings. The van der Waals surface area contributed by atoms with Crippen molar-refractivity contribution in [3.63, 3.8) is 0 Å². The smallest absolute Gasteiger partial charge is 0.0951 e. The second kappa shape index (κ2) is 4.65. The van der Waals surface area contributed by atoms with Crippen LogP contribution < -0.4 is 5.32 Å². The Bertz CT molecular complexity index is 374. The highest BCUT2D eigenvalue weighted by Crippen LogP contribution is 2.42. The van der Waals surface area contributed by atoms with Crippen molar-refractivity contribution in [1.29, 1.82) is 0 Å². The number of hydrogen-bond acceptors (Lipinski definition) is 3. The molecule has 94 valence electrons. The summed E-state index contributed by atoms with van der Waals surface area (Å²) in [6, 6.07) is 0.743. The first-order valence-corrected chi connectivity index (χ1v) is 7.82. The first kappa shape index (κ1) is 11.6. The van der Waals surface area contributed by atoms with Gasteiger partial charge in [-0.25, -0.2) is 4.98 Å². The third kappa shape index (κ3) is 2.38. The highest BCUT2D eigenvalue weighted by Gasteiger charge is 2.35. The SMILES string of the molecule is CSC1(CNCc2cncn2C2CC2)CCC1. The van der Waals surface area contributed by atoms with Gasteiger partial charge in [0.15, 0.2) is 0 Å². The van der Waals surface area contributed by atoms with Crippen molar-refractivity contribution in [2.45, 2.75) is 49.4 Å². The zero-order chi connectivity index (χ0) is 11.7. The van der Waals surface area contributed by atoms with Crippen LogP contribution in [0, 0.1) is 0 Å². The van der Waals surface area contributed by atoms with Crippen LogP contribution in [0.25, 0.3) is 0 Å². The summed E-state index contributed by atoms with van der Waals surface area (Å²) in [4.78, 5) is 4.27. The zero-order valence-corrected chi connectivity index (χ0v) is 11.3. The molecule has 2 aliphatic carbocycles. The van der Waals surface area contributed by atoms with E-state index in [1.54, 1.807) is 0 Å². The molecule has 3 nitrogen and oxygen atoms in total. The Morgan fingerprint density at radius 1 is 1.53 bits per heavy atom. The third-order valence-electron chi connectivity index (χ3n) is 4.14. The van der Waals surface area contributed by atoms with Crippen LogP contribution in [0.2, 0.25) is 0 Å². The van der Waals surface area contributed by atoms with Crippen molar-refractivity contribution in [2.75, 3.05) is 12.8 Å². The summed E-state index contributed by atoms with van der Waals surface area (Å²) >= 11 is 2.03.